The molecular weight excluding hydrogens is 446 g/mol. The number of ether oxygens (including phenoxy) is 2. The fraction of sp³-hybridized carbons (Fsp3) is 0.188. The van der Waals surface area contributed by atoms with E-state index in [2.05, 4.69) is 20.7 Å². The molecule has 0 bridgehead atoms. The van der Waals surface area contributed by atoms with E-state index in [9.17, 15) is 13.2 Å². The second-order valence-corrected chi connectivity index (χ2v) is 8.32. The van der Waals surface area contributed by atoms with Crippen molar-refractivity contribution in [3.63, 3.8) is 0 Å². The average Bonchev–Trinajstić information content (AvgIpc) is 2.60. The topological polar surface area (TPSA) is 102 Å². The van der Waals surface area contributed by atoms with Gasteiger partial charge in [0.25, 0.3) is 10.0 Å². The first-order chi connectivity index (χ1) is 12.2. The number of carboxylic acid groups (broad SMARTS) is 1. The number of methoxy groups -OCH3 is 2. The third-order valence-corrected chi connectivity index (χ3v) is 6.52. The van der Waals surface area contributed by atoms with Gasteiger partial charge in [-0.15, -0.1) is 11.8 Å². The number of thioether (sulfide) groups is 1. The van der Waals surface area contributed by atoms with Gasteiger partial charge in [-0.2, -0.15) is 0 Å². The lowest BCUT2D eigenvalue weighted by atomic mass is 10.2. The van der Waals surface area contributed by atoms with E-state index in [4.69, 9.17) is 14.6 Å². The molecule has 0 radical (unpaired) electrons. The predicted octanol–water partition coefficient (Wildman–Crippen LogP) is 3.69. The Morgan fingerprint density at radius 2 is 1.77 bits per heavy atom. The molecule has 2 rings (SSSR count). The molecule has 140 valence electrons. The van der Waals surface area contributed by atoms with E-state index in [0.29, 0.717) is 15.1 Å². The van der Waals surface area contributed by atoms with Crippen LogP contribution in [0.25, 0.3) is 0 Å². The monoisotopic (exact) mass is 461 g/mol. The summed E-state index contributed by atoms with van der Waals surface area (Å²) in [4.78, 5) is 11.5. The minimum Gasteiger partial charge on any atom is -0.493 e. The fourth-order valence-electron chi connectivity index (χ4n) is 2.15. The number of hydrogen-bond acceptors (Lipinski definition) is 6. The molecule has 10 heteroatoms. The Balaban J connectivity index is 2.48. The number of hydrogen-bond donors (Lipinski definition) is 2. The van der Waals surface area contributed by atoms with E-state index in [1.54, 1.807) is 6.26 Å². The molecule has 0 saturated carbocycles. The van der Waals surface area contributed by atoms with Crippen molar-refractivity contribution >= 4 is 49.4 Å². The maximum Gasteiger partial charge on any atom is 0.335 e. The van der Waals surface area contributed by atoms with E-state index >= 15 is 0 Å². The summed E-state index contributed by atoms with van der Waals surface area (Å²) in [5.74, 6) is -0.436. The van der Waals surface area contributed by atoms with Crippen LogP contribution < -0.4 is 14.2 Å². The Hall–Kier alpha value is -1.91. The molecule has 0 spiro atoms. The van der Waals surface area contributed by atoms with Crippen molar-refractivity contribution in [3.05, 3.63) is 40.4 Å². The Morgan fingerprint density at radius 3 is 2.31 bits per heavy atom. The van der Waals surface area contributed by atoms with Gasteiger partial charge < -0.3 is 14.6 Å². The molecule has 7 nitrogen and oxygen atoms in total. The van der Waals surface area contributed by atoms with Gasteiger partial charge in [0.1, 0.15) is 4.90 Å². The summed E-state index contributed by atoms with van der Waals surface area (Å²) in [5, 5.41) is 9.07. The molecule has 0 fully saturated rings. The highest BCUT2D eigenvalue weighted by atomic mass is 79.9. The predicted molar refractivity (Wildman–Crippen MR) is 103 cm³/mol. The van der Waals surface area contributed by atoms with Crippen molar-refractivity contribution in [2.75, 3.05) is 25.2 Å². The summed E-state index contributed by atoms with van der Waals surface area (Å²) in [5.41, 5.74) is 0.355. The van der Waals surface area contributed by atoms with E-state index < -0.39 is 16.0 Å². The zero-order chi connectivity index (χ0) is 19.5. The van der Waals surface area contributed by atoms with Gasteiger partial charge in [0.15, 0.2) is 11.5 Å². The molecular formula is C16H16BrNO6S2. The number of anilines is 1. The van der Waals surface area contributed by atoms with Crippen LogP contribution in [0, 0.1) is 0 Å². The van der Waals surface area contributed by atoms with E-state index in [0.717, 1.165) is 0 Å². The van der Waals surface area contributed by atoms with Crippen LogP contribution in [0.15, 0.2) is 44.6 Å². The van der Waals surface area contributed by atoms with Crippen LogP contribution in [-0.4, -0.2) is 40.0 Å². The second kappa shape index (κ2) is 8.19. The zero-order valence-corrected chi connectivity index (χ0v) is 17.3. The average molecular weight is 462 g/mol. The van der Waals surface area contributed by atoms with E-state index in [-0.39, 0.29) is 21.9 Å². The number of halogens is 1. The maximum absolute atomic E-state index is 12.8. The molecule has 0 amide bonds. The number of aromatic carboxylic acids is 1. The lowest BCUT2D eigenvalue weighted by molar-refractivity contribution is 0.0696. The molecule has 0 unspecified atom stereocenters. The first-order valence-corrected chi connectivity index (χ1v) is 10.6. The van der Waals surface area contributed by atoms with E-state index in [1.165, 1.54) is 56.3 Å². The summed E-state index contributed by atoms with van der Waals surface area (Å²) < 4.78 is 38.7. The number of carboxylic acids is 1. The fourth-order valence-corrected chi connectivity index (χ4v) is 4.92. The number of nitrogens with one attached hydrogen (secondary N) is 1. The van der Waals surface area contributed by atoms with Crippen LogP contribution in [0.1, 0.15) is 10.4 Å². The highest BCUT2D eigenvalue weighted by molar-refractivity contribution is 9.10. The van der Waals surface area contributed by atoms with Gasteiger partial charge in [-0.25, -0.2) is 13.2 Å². The van der Waals surface area contributed by atoms with Crippen LogP contribution in [0.5, 0.6) is 11.5 Å². The molecule has 2 N–H and O–H groups in total. The van der Waals surface area contributed by atoms with Crippen LogP contribution in [-0.2, 0) is 10.0 Å². The first-order valence-electron chi connectivity index (χ1n) is 7.09. The SMILES string of the molecule is COc1cc(Br)c(S(=O)(=O)Nc2ccc(C(=O)O)cc2SC)cc1OC. The summed E-state index contributed by atoms with van der Waals surface area (Å²) in [7, 11) is -1.10. The molecule has 0 atom stereocenters. The molecule has 26 heavy (non-hydrogen) atoms. The molecule has 2 aromatic rings. The molecule has 0 heterocycles. The minimum atomic E-state index is -3.96. The lowest BCUT2D eigenvalue weighted by Gasteiger charge is -2.15. The summed E-state index contributed by atoms with van der Waals surface area (Å²) >= 11 is 4.46. The Labute approximate surface area is 163 Å². The summed E-state index contributed by atoms with van der Waals surface area (Å²) in [6.07, 6.45) is 1.73. The third-order valence-electron chi connectivity index (χ3n) is 3.42. The highest BCUT2D eigenvalue weighted by Crippen LogP contribution is 2.37. The number of rotatable bonds is 7. The Kier molecular flexibility index (Phi) is 6.43. The first kappa shape index (κ1) is 20.4. The smallest absolute Gasteiger partial charge is 0.335 e. The van der Waals surface area contributed by atoms with Gasteiger partial charge in [0, 0.05) is 15.4 Å². The van der Waals surface area contributed by atoms with Crippen LogP contribution in [0.3, 0.4) is 0 Å². The minimum absolute atomic E-state index is 0.0375. The van der Waals surface area contributed by atoms with Gasteiger partial charge in [0.05, 0.1) is 25.5 Å². The van der Waals surface area contributed by atoms with Gasteiger partial charge in [-0.05, 0) is 46.5 Å². The normalized spacial score (nSPS) is 11.1. The molecule has 0 aliphatic heterocycles. The van der Waals surface area contributed by atoms with Crippen molar-refractivity contribution in [2.45, 2.75) is 9.79 Å². The van der Waals surface area contributed by atoms with Crippen LogP contribution in [0.2, 0.25) is 0 Å². The molecule has 0 aliphatic rings. The van der Waals surface area contributed by atoms with E-state index in [1.807, 2.05) is 0 Å². The molecule has 0 aliphatic carbocycles. The number of sulfonamides is 1. The van der Waals surface area contributed by atoms with Gasteiger partial charge in [0.2, 0.25) is 0 Å². The zero-order valence-electron chi connectivity index (χ0n) is 14.1. The van der Waals surface area contributed by atoms with Crippen molar-refractivity contribution in [1.29, 1.82) is 0 Å². The lowest BCUT2D eigenvalue weighted by Crippen LogP contribution is -2.15. The van der Waals surface area contributed by atoms with Crippen molar-refractivity contribution < 1.29 is 27.8 Å². The molecule has 2 aromatic carbocycles. The number of carbonyl (C=O) groups is 1. The molecule has 0 aromatic heterocycles. The van der Waals surface area contributed by atoms with Crippen LogP contribution >= 0.6 is 27.7 Å². The quantitative estimate of drug-likeness (QED) is 0.606. The highest BCUT2D eigenvalue weighted by Gasteiger charge is 2.22. The maximum atomic E-state index is 12.8. The Bertz CT molecular complexity index is 946. The largest absolute Gasteiger partial charge is 0.493 e. The van der Waals surface area contributed by atoms with Crippen molar-refractivity contribution in [2.24, 2.45) is 0 Å². The number of benzene rings is 2. The standard InChI is InChI=1S/C16H16BrNO6S2/c1-23-12-7-10(17)15(8-13(12)24-2)26(21,22)18-11-5-4-9(16(19)20)6-14(11)25-3/h4-8,18H,1-3H3,(H,19,20). The van der Waals surface area contributed by atoms with Crippen LogP contribution in [0.4, 0.5) is 5.69 Å². The Morgan fingerprint density at radius 1 is 1.15 bits per heavy atom. The second-order valence-electron chi connectivity index (χ2n) is 4.96. The summed E-state index contributed by atoms with van der Waals surface area (Å²) in [6, 6.07) is 7.01. The van der Waals surface area contributed by atoms with Gasteiger partial charge >= 0.3 is 5.97 Å². The van der Waals surface area contributed by atoms with Crippen molar-refractivity contribution in [3.8, 4) is 11.5 Å². The summed E-state index contributed by atoms with van der Waals surface area (Å²) in [6.45, 7) is 0. The third kappa shape index (κ3) is 4.25. The van der Waals surface area contributed by atoms with Gasteiger partial charge in [-0.3, -0.25) is 4.72 Å². The van der Waals surface area contributed by atoms with Gasteiger partial charge in [-0.1, -0.05) is 0 Å². The molecule has 0 saturated heterocycles. The van der Waals surface area contributed by atoms with Crippen molar-refractivity contribution in [1.82, 2.24) is 0 Å².